The van der Waals surface area contributed by atoms with Crippen molar-refractivity contribution in [2.75, 3.05) is 13.2 Å². The lowest BCUT2D eigenvalue weighted by molar-refractivity contribution is -0.143. The van der Waals surface area contributed by atoms with E-state index in [-0.39, 0.29) is 18.5 Å². The van der Waals surface area contributed by atoms with Gasteiger partial charge in [0.1, 0.15) is 0 Å². The van der Waals surface area contributed by atoms with Crippen LogP contribution in [0.5, 0.6) is 0 Å². The highest BCUT2D eigenvalue weighted by atomic mass is 16.5. The third-order valence-electron chi connectivity index (χ3n) is 18.2. The van der Waals surface area contributed by atoms with E-state index >= 15 is 0 Å². The fourth-order valence-corrected chi connectivity index (χ4v) is 12.3. The van der Waals surface area contributed by atoms with Crippen molar-refractivity contribution in [1.29, 1.82) is 0 Å². The molecule has 85 heavy (non-hydrogen) atoms. The lowest BCUT2D eigenvalue weighted by Crippen LogP contribution is -2.45. The summed E-state index contributed by atoms with van der Waals surface area (Å²) in [7, 11) is 0. The number of rotatable bonds is 73. The monoisotopic (exact) mass is 1190 g/mol. The Labute approximate surface area is 532 Å². The Balaban J connectivity index is 3.41. The van der Waals surface area contributed by atoms with Crippen LogP contribution in [0.2, 0.25) is 0 Å². The van der Waals surface area contributed by atoms with Gasteiger partial charge in [-0.2, -0.15) is 0 Å². The standard InChI is InChI=1S/C79H151NO5/c1-3-5-7-9-11-13-15-17-19-21-23-24-30-33-36-39-43-47-51-55-59-63-67-71-77(82)76(75-81)80-78(83)72-68-64-60-56-52-48-44-40-37-34-31-28-26-25-27-29-32-35-38-42-46-50-54-58-62-66-70-74-85-79(84)73-69-65-61-57-53-49-45-41-22-20-18-16-14-12-10-8-6-4-2/h20,22,25-26,29,32,76-77,81-82H,3-19,21,23-24,27-28,30-31,33-75H2,1-2H3,(H,80,83)/b22-20-,26-25-,32-29-. The van der Waals surface area contributed by atoms with Crippen molar-refractivity contribution < 1.29 is 24.5 Å². The molecule has 0 radical (unpaired) electrons. The number of esters is 1. The van der Waals surface area contributed by atoms with E-state index in [2.05, 4.69) is 55.6 Å². The molecule has 1 amide bonds. The first-order valence-electron chi connectivity index (χ1n) is 38.7. The Morgan fingerprint density at radius 1 is 0.329 bits per heavy atom. The van der Waals surface area contributed by atoms with Crippen LogP contribution in [0.3, 0.4) is 0 Å². The van der Waals surface area contributed by atoms with Crippen molar-refractivity contribution in [2.45, 2.75) is 443 Å². The molecule has 0 aromatic rings. The van der Waals surface area contributed by atoms with E-state index in [0.29, 0.717) is 25.9 Å². The van der Waals surface area contributed by atoms with Crippen LogP contribution in [-0.4, -0.2) is 47.4 Å². The van der Waals surface area contributed by atoms with Gasteiger partial charge in [0, 0.05) is 12.8 Å². The molecule has 6 nitrogen and oxygen atoms in total. The summed E-state index contributed by atoms with van der Waals surface area (Å²) in [6.07, 6.45) is 96.4. The van der Waals surface area contributed by atoms with Crippen molar-refractivity contribution in [3.8, 4) is 0 Å². The zero-order valence-corrected chi connectivity index (χ0v) is 57.6. The maximum Gasteiger partial charge on any atom is 0.305 e. The van der Waals surface area contributed by atoms with Crippen molar-refractivity contribution in [3.05, 3.63) is 36.5 Å². The first-order valence-corrected chi connectivity index (χ1v) is 38.7. The number of nitrogens with one attached hydrogen (secondary N) is 1. The second kappa shape index (κ2) is 74.5. The van der Waals surface area contributed by atoms with Gasteiger partial charge in [0.2, 0.25) is 5.91 Å². The Kier molecular flexibility index (Phi) is 72.9. The zero-order chi connectivity index (χ0) is 61.3. The van der Waals surface area contributed by atoms with E-state index in [9.17, 15) is 19.8 Å². The minimum Gasteiger partial charge on any atom is -0.466 e. The predicted octanol–water partition coefficient (Wildman–Crippen LogP) is 25.4. The second-order valence-electron chi connectivity index (χ2n) is 26.7. The number of aliphatic hydroxyl groups is 2. The molecule has 0 saturated heterocycles. The molecule has 0 heterocycles. The number of hydrogen-bond donors (Lipinski definition) is 3. The molecule has 3 N–H and O–H groups in total. The van der Waals surface area contributed by atoms with Crippen LogP contribution in [-0.2, 0) is 14.3 Å². The van der Waals surface area contributed by atoms with Crippen LogP contribution in [0.4, 0.5) is 0 Å². The first kappa shape index (κ1) is 83.1. The molecule has 0 rings (SSSR count). The third-order valence-corrected chi connectivity index (χ3v) is 18.2. The number of carbonyl (C=O) groups is 2. The van der Waals surface area contributed by atoms with Crippen molar-refractivity contribution in [3.63, 3.8) is 0 Å². The van der Waals surface area contributed by atoms with Gasteiger partial charge in [0.05, 0.1) is 25.4 Å². The van der Waals surface area contributed by atoms with Gasteiger partial charge in [0.15, 0.2) is 0 Å². The van der Waals surface area contributed by atoms with E-state index in [4.69, 9.17) is 4.74 Å². The van der Waals surface area contributed by atoms with Crippen molar-refractivity contribution >= 4 is 11.9 Å². The van der Waals surface area contributed by atoms with Gasteiger partial charge in [-0.05, 0) is 83.5 Å². The summed E-state index contributed by atoms with van der Waals surface area (Å²) in [5, 5.41) is 23.5. The van der Waals surface area contributed by atoms with Crippen LogP contribution >= 0.6 is 0 Å². The average Bonchev–Trinajstić information content (AvgIpc) is 3.51. The average molecular weight is 1200 g/mol. The van der Waals surface area contributed by atoms with Gasteiger partial charge in [0.25, 0.3) is 0 Å². The molecular weight excluding hydrogens is 1040 g/mol. The van der Waals surface area contributed by atoms with E-state index in [1.54, 1.807) is 0 Å². The highest BCUT2D eigenvalue weighted by Crippen LogP contribution is 2.19. The number of carbonyl (C=O) groups excluding carboxylic acids is 2. The molecule has 2 atom stereocenters. The largest absolute Gasteiger partial charge is 0.466 e. The lowest BCUT2D eigenvalue weighted by Gasteiger charge is -2.22. The predicted molar refractivity (Wildman–Crippen MR) is 375 cm³/mol. The smallest absolute Gasteiger partial charge is 0.305 e. The summed E-state index contributed by atoms with van der Waals surface area (Å²) in [5.74, 6) is -0.0248. The number of allylic oxidation sites excluding steroid dienone is 6. The lowest BCUT2D eigenvalue weighted by atomic mass is 10.0. The Morgan fingerprint density at radius 3 is 0.906 bits per heavy atom. The Morgan fingerprint density at radius 2 is 0.588 bits per heavy atom. The minimum absolute atomic E-state index is 0.00863. The highest BCUT2D eigenvalue weighted by Gasteiger charge is 2.20. The topological polar surface area (TPSA) is 95.9 Å². The van der Waals surface area contributed by atoms with Gasteiger partial charge in [-0.1, -0.05) is 371 Å². The molecule has 0 fully saturated rings. The summed E-state index contributed by atoms with van der Waals surface area (Å²) >= 11 is 0. The normalized spacial score (nSPS) is 12.7. The Hall–Kier alpha value is -1.92. The maximum absolute atomic E-state index is 12.6. The second-order valence-corrected chi connectivity index (χ2v) is 26.7. The van der Waals surface area contributed by atoms with Crippen LogP contribution in [0.25, 0.3) is 0 Å². The molecule has 0 bridgehead atoms. The van der Waals surface area contributed by atoms with Crippen LogP contribution in [0.1, 0.15) is 431 Å². The molecule has 0 aliphatic heterocycles. The molecular formula is C79H151NO5. The molecule has 0 spiro atoms. The molecule has 0 aromatic carbocycles. The fourth-order valence-electron chi connectivity index (χ4n) is 12.3. The summed E-state index contributed by atoms with van der Waals surface area (Å²) in [6.45, 7) is 4.99. The van der Waals surface area contributed by atoms with E-state index < -0.39 is 12.1 Å². The zero-order valence-electron chi connectivity index (χ0n) is 57.6. The Bertz CT molecular complexity index is 1380. The van der Waals surface area contributed by atoms with E-state index in [1.165, 1.54) is 347 Å². The first-order chi connectivity index (χ1) is 42.0. The number of hydrogen-bond acceptors (Lipinski definition) is 5. The van der Waals surface area contributed by atoms with Crippen LogP contribution < -0.4 is 5.32 Å². The summed E-state index contributed by atoms with van der Waals surface area (Å²) < 4.78 is 5.50. The molecule has 2 unspecified atom stereocenters. The summed E-state index contributed by atoms with van der Waals surface area (Å²) in [5.41, 5.74) is 0. The minimum atomic E-state index is -0.668. The van der Waals surface area contributed by atoms with E-state index in [0.717, 1.165) is 51.4 Å². The number of amides is 1. The van der Waals surface area contributed by atoms with Crippen molar-refractivity contribution in [1.82, 2.24) is 5.32 Å². The molecule has 502 valence electrons. The van der Waals surface area contributed by atoms with Crippen molar-refractivity contribution in [2.24, 2.45) is 0 Å². The van der Waals surface area contributed by atoms with Gasteiger partial charge < -0.3 is 20.3 Å². The van der Waals surface area contributed by atoms with Gasteiger partial charge in [-0.25, -0.2) is 0 Å². The third kappa shape index (κ3) is 71.0. The van der Waals surface area contributed by atoms with E-state index in [1.807, 2.05) is 0 Å². The summed E-state index contributed by atoms with van der Waals surface area (Å²) in [4.78, 5) is 24.7. The molecule has 0 saturated carbocycles. The number of aliphatic hydroxyl groups excluding tert-OH is 2. The SMILES string of the molecule is CCCCCCCCC/C=C\CCCCCCCCCC(=O)OCCCCCCCCCCC/C=C\C/C=C\CCCCCCCCCCCCCC(=O)NC(CO)C(O)CCCCCCCCCCCCCCCCCCCCCCCCC. The fraction of sp³-hybridized carbons (Fsp3) is 0.899. The quantitative estimate of drug-likeness (QED) is 0.0320. The summed E-state index contributed by atoms with van der Waals surface area (Å²) in [6, 6.07) is -0.546. The van der Waals surface area contributed by atoms with Crippen LogP contribution in [0.15, 0.2) is 36.5 Å². The molecule has 0 aliphatic carbocycles. The maximum atomic E-state index is 12.6. The molecule has 0 aliphatic rings. The highest BCUT2D eigenvalue weighted by molar-refractivity contribution is 5.76. The van der Waals surface area contributed by atoms with Crippen LogP contribution in [0, 0.1) is 0 Å². The molecule has 0 aromatic heterocycles. The number of unbranched alkanes of at least 4 members (excludes halogenated alkanes) is 56. The molecule has 6 heteroatoms. The van der Waals surface area contributed by atoms with Gasteiger partial charge >= 0.3 is 5.97 Å². The number of ether oxygens (including phenoxy) is 1. The van der Waals surface area contributed by atoms with Gasteiger partial charge in [-0.15, -0.1) is 0 Å². The van der Waals surface area contributed by atoms with Gasteiger partial charge in [-0.3, -0.25) is 9.59 Å².